The molecule has 0 amide bonds. The molecule has 1 aliphatic heterocycles. The molecule has 0 N–H and O–H groups in total. The van der Waals surface area contributed by atoms with Gasteiger partial charge >= 0.3 is 0 Å². The zero-order valence-corrected chi connectivity index (χ0v) is 10.5. The number of benzene rings is 2. The molecule has 94 valence electrons. The van der Waals surface area contributed by atoms with Crippen molar-refractivity contribution in [2.75, 3.05) is 20.3 Å². The molecule has 2 aromatic rings. The Balaban J connectivity index is 2.32. The molecular weight excluding hydrogens is 231 g/mol. The van der Waals surface area contributed by atoms with E-state index in [9.17, 15) is 4.39 Å². The van der Waals surface area contributed by atoms with Crippen LogP contribution in [0.15, 0.2) is 30.3 Å². The number of halogens is 1. The number of methoxy groups -OCH3 is 1. The van der Waals surface area contributed by atoms with Crippen molar-refractivity contribution in [3.05, 3.63) is 41.7 Å². The number of ether oxygens (including phenoxy) is 2. The maximum Gasteiger partial charge on any atom is 0.131 e. The zero-order valence-electron chi connectivity index (χ0n) is 10.5. The van der Waals surface area contributed by atoms with Crippen molar-refractivity contribution in [2.24, 2.45) is 0 Å². The summed E-state index contributed by atoms with van der Waals surface area (Å²) in [6.45, 7) is 3.30. The normalized spacial score (nSPS) is 17.5. The Hall–Kier alpha value is -1.61. The van der Waals surface area contributed by atoms with Crippen molar-refractivity contribution < 1.29 is 13.9 Å². The van der Waals surface area contributed by atoms with Crippen LogP contribution in [0.2, 0.25) is 0 Å². The molecule has 2 nitrogen and oxygen atoms in total. The van der Waals surface area contributed by atoms with E-state index in [1.165, 1.54) is 0 Å². The molecule has 3 heteroatoms. The van der Waals surface area contributed by atoms with Gasteiger partial charge in [0.05, 0.1) is 20.3 Å². The van der Waals surface area contributed by atoms with E-state index < -0.39 is 0 Å². The smallest absolute Gasteiger partial charge is 0.131 e. The average Bonchev–Trinajstić information content (AvgIpc) is 2.36. The van der Waals surface area contributed by atoms with Gasteiger partial charge in [0, 0.05) is 21.8 Å². The van der Waals surface area contributed by atoms with Crippen LogP contribution in [0.1, 0.15) is 12.5 Å². The molecule has 2 aromatic carbocycles. The highest BCUT2D eigenvalue weighted by atomic mass is 19.1. The molecule has 0 spiro atoms. The Morgan fingerprint density at radius 1 is 1.22 bits per heavy atom. The molecule has 0 bridgehead atoms. The molecule has 1 aliphatic rings. The van der Waals surface area contributed by atoms with E-state index in [0.717, 1.165) is 16.7 Å². The SMILES string of the molecule is COc1c(C2(C)COC2)cc(F)c2ccccc12. The second-order valence-corrected chi connectivity index (χ2v) is 5.04. The van der Waals surface area contributed by atoms with Crippen LogP contribution in [-0.4, -0.2) is 20.3 Å². The Bertz CT molecular complexity index is 603. The van der Waals surface area contributed by atoms with Gasteiger partial charge in [-0.05, 0) is 6.07 Å². The summed E-state index contributed by atoms with van der Waals surface area (Å²) in [4.78, 5) is 0. The highest BCUT2D eigenvalue weighted by Gasteiger charge is 2.38. The summed E-state index contributed by atoms with van der Waals surface area (Å²) in [5, 5.41) is 1.42. The van der Waals surface area contributed by atoms with Gasteiger partial charge in [-0.15, -0.1) is 0 Å². The number of fused-ring (bicyclic) bond motifs is 1. The van der Waals surface area contributed by atoms with Crippen molar-refractivity contribution in [2.45, 2.75) is 12.3 Å². The van der Waals surface area contributed by atoms with Crippen molar-refractivity contribution >= 4 is 10.8 Å². The van der Waals surface area contributed by atoms with E-state index in [1.807, 2.05) is 18.2 Å². The van der Waals surface area contributed by atoms with Crippen molar-refractivity contribution in [3.8, 4) is 5.75 Å². The van der Waals surface area contributed by atoms with E-state index in [1.54, 1.807) is 19.2 Å². The molecule has 1 heterocycles. The Morgan fingerprint density at radius 2 is 1.89 bits per heavy atom. The molecule has 0 aliphatic carbocycles. The minimum Gasteiger partial charge on any atom is -0.496 e. The topological polar surface area (TPSA) is 18.5 Å². The van der Waals surface area contributed by atoms with Gasteiger partial charge in [0.25, 0.3) is 0 Å². The summed E-state index contributed by atoms with van der Waals surface area (Å²) in [5.41, 5.74) is 0.753. The van der Waals surface area contributed by atoms with Gasteiger partial charge in [-0.1, -0.05) is 31.2 Å². The van der Waals surface area contributed by atoms with Crippen LogP contribution in [0.5, 0.6) is 5.75 Å². The molecule has 1 fully saturated rings. The lowest BCUT2D eigenvalue weighted by Gasteiger charge is -2.39. The number of hydrogen-bond donors (Lipinski definition) is 0. The van der Waals surface area contributed by atoms with E-state index in [2.05, 4.69) is 6.92 Å². The zero-order chi connectivity index (χ0) is 12.8. The first-order valence-corrected chi connectivity index (χ1v) is 5.99. The molecule has 1 saturated heterocycles. The molecule has 18 heavy (non-hydrogen) atoms. The van der Waals surface area contributed by atoms with Crippen LogP contribution in [0.3, 0.4) is 0 Å². The summed E-state index contributed by atoms with van der Waals surface area (Å²) in [5.74, 6) is 0.562. The predicted octanol–water partition coefficient (Wildman–Crippen LogP) is 3.28. The van der Waals surface area contributed by atoms with Gasteiger partial charge in [0.1, 0.15) is 11.6 Å². The summed E-state index contributed by atoms with van der Waals surface area (Å²) in [7, 11) is 1.63. The second-order valence-electron chi connectivity index (χ2n) is 5.04. The summed E-state index contributed by atoms with van der Waals surface area (Å²) in [6.07, 6.45) is 0. The van der Waals surface area contributed by atoms with Crippen molar-refractivity contribution in [3.63, 3.8) is 0 Å². The lowest BCUT2D eigenvalue weighted by Crippen LogP contribution is -2.44. The predicted molar refractivity (Wildman–Crippen MR) is 68.6 cm³/mol. The molecule has 0 atom stereocenters. The van der Waals surface area contributed by atoms with Gasteiger partial charge < -0.3 is 9.47 Å². The third kappa shape index (κ3) is 1.51. The maximum absolute atomic E-state index is 14.2. The fraction of sp³-hybridized carbons (Fsp3) is 0.333. The number of rotatable bonds is 2. The molecule has 0 saturated carbocycles. The second kappa shape index (κ2) is 3.95. The lowest BCUT2D eigenvalue weighted by atomic mass is 9.79. The molecular formula is C15H15FO2. The van der Waals surface area contributed by atoms with Crippen molar-refractivity contribution in [1.82, 2.24) is 0 Å². The third-order valence-corrected chi connectivity index (χ3v) is 3.64. The van der Waals surface area contributed by atoms with Crippen LogP contribution in [0.25, 0.3) is 10.8 Å². The maximum atomic E-state index is 14.2. The Labute approximate surface area is 105 Å². The van der Waals surface area contributed by atoms with E-state index in [0.29, 0.717) is 18.6 Å². The molecule has 0 unspecified atom stereocenters. The average molecular weight is 246 g/mol. The fourth-order valence-corrected chi connectivity index (χ4v) is 2.54. The first kappa shape index (κ1) is 11.5. The minimum atomic E-state index is -0.200. The third-order valence-electron chi connectivity index (χ3n) is 3.64. The first-order valence-electron chi connectivity index (χ1n) is 5.99. The Morgan fingerprint density at radius 3 is 2.44 bits per heavy atom. The van der Waals surface area contributed by atoms with Gasteiger partial charge in [-0.2, -0.15) is 0 Å². The van der Waals surface area contributed by atoms with Crippen LogP contribution in [-0.2, 0) is 10.2 Å². The number of hydrogen-bond acceptors (Lipinski definition) is 2. The van der Waals surface area contributed by atoms with E-state index in [4.69, 9.17) is 9.47 Å². The standard InChI is InChI=1S/C15H15FO2/c1-15(8-18-9-15)12-7-13(16)10-5-3-4-6-11(10)14(12)17-2/h3-7H,8-9H2,1-2H3. The first-order chi connectivity index (χ1) is 8.65. The lowest BCUT2D eigenvalue weighted by molar-refractivity contribution is -0.0509. The molecule has 0 aromatic heterocycles. The van der Waals surface area contributed by atoms with Gasteiger partial charge in [0.2, 0.25) is 0 Å². The summed E-state index contributed by atoms with van der Waals surface area (Å²) in [6, 6.07) is 8.98. The van der Waals surface area contributed by atoms with E-state index >= 15 is 0 Å². The molecule has 0 radical (unpaired) electrons. The van der Waals surface area contributed by atoms with Crippen LogP contribution >= 0.6 is 0 Å². The Kier molecular flexibility index (Phi) is 2.52. The van der Waals surface area contributed by atoms with Gasteiger partial charge in [-0.25, -0.2) is 4.39 Å². The minimum absolute atomic E-state index is 0.143. The highest BCUT2D eigenvalue weighted by molar-refractivity contribution is 5.90. The largest absolute Gasteiger partial charge is 0.496 e. The van der Waals surface area contributed by atoms with Crippen LogP contribution < -0.4 is 4.74 Å². The highest BCUT2D eigenvalue weighted by Crippen LogP contribution is 2.42. The monoisotopic (exact) mass is 246 g/mol. The fourth-order valence-electron chi connectivity index (χ4n) is 2.54. The van der Waals surface area contributed by atoms with Gasteiger partial charge in [0.15, 0.2) is 0 Å². The molecule has 3 rings (SSSR count). The van der Waals surface area contributed by atoms with Gasteiger partial charge in [-0.3, -0.25) is 0 Å². The summed E-state index contributed by atoms with van der Waals surface area (Å²) >= 11 is 0. The van der Waals surface area contributed by atoms with E-state index in [-0.39, 0.29) is 11.2 Å². The van der Waals surface area contributed by atoms with Crippen LogP contribution in [0, 0.1) is 5.82 Å². The quantitative estimate of drug-likeness (QED) is 0.809. The van der Waals surface area contributed by atoms with Crippen molar-refractivity contribution in [1.29, 1.82) is 0 Å². The summed E-state index contributed by atoms with van der Waals surface area (Å²) < 4.78 is 24.9. The van der Waals surface area contributed by atoms with Crippen LogP contribution in [0.4, 0.5) is 4.39 Å².